The average Bonchev–Trinajstić information content (AvgIpc) is 2.34. The van der Waals surface area contributed by atoms with Crippen molar-refractivity contribution in [2.45, 2.75) is 20.3 Å². The molecule has 0 fully saturated rings. The molecule has 1 rings (SSSR count). The summed E-state index contributed by atoms with van der Waals surface area (Å²) < 4.78 is 5.33. The molecule has 1 unspecified atom stereocenters. The van der Waals surface area contributed by atoms with Gasteiger partial charge in [0.05, 0.1) is 12.8 Å². The lowest BCUT2D eigenvalue weighted by molar-refractivity contribution is 0.415. The molecule has 17 heavy (non-hydrogen) atoms. The van der Waals surface area contributed by atoms with Crippen LogP contribution in [0.4, 0.5) is 5.69 Å². The van der Waals surface area contributed by atoms with Crippen molar-refractivity contribution in [3.05, 3.63) is 22.7 Å². The second kappa shape index (κ2) is 6.72. The van der Waals surface area contributed by atoms with Crippen LogP contribution in [0, 0.1) is 12.8 Å². The summed E-state index contributed by atoms with van der Waals surface area (Å²) in [5.41, 5.74) is 7.61. The molecule has 0 aromatic heterocycles. The van der Waals surface area contributed by atoms with Gasteiger partial charge in [-0.2, -0.15) is 0 Å². The topological polar surface area (TPSA) is 47.3 Å². The maximum atomic E-state index is 6.11. The Bertz CT molecular complexity index is 365. The summed E-state index contributed by atoms with van der Waals surface area (Å²) in [5.74, 6) is 1.29. The highest BCUT2D eigenvalue weighted by Gasteiger charge is 2.09. The fourth-order valence-electron chi connectivity index (χ4n) is 1.61. The monoisotopic (exact) mass is 256 g/mol. The molecule has 0 aliphatic heterocycles. The summed E-state index contributed by atoms with van der Waals surface area (Å²) in [4.78, 5) is 0. The van der Waals surface area contributed by atoms with E-state index < -0.39 is 0 Å². The first-order chi connectivity index (χ1) is 8.12. The van der Waals surface area contributed by atoms with Gasteiger partial charge in [0.1, 0.15) is 5.75 Å². The van der Waals surface area contributed by atoms with E-state index >= 15 is 0 Å². The molecule has 0 saturated heterocycles. The normalized spacial score (nSPS) is 12.3. The van der Waals surface area contributed by atoms with E-state index in [-0.39, 0.29) is 0 Å². The molecular weight excluding hydrogens is 236 g/mol. The summed E-state index contributed by atoms with van der Waals surface area (Å²) >= 11 is 6.11. The molecule has 0 amide bonds. The molecule has 3 nitrogen and oxygen atoms in total. The van der Waals surface area contributed by atoms with E-state index in [1.165, 1.54) is 0 Å². The molecule has 0 heterocycles. The Morgan fingerprint density at radius 3 is 2.71 bits per heavy atom. The van der Waals surface area contributed by atoms with Gasteiger partial charge in [0.2, 0.25) is 0 Å². The summed E-state index contributed by atoms with van der Waals surface area (Å²) in [6.45, 7) is 5.62. The van der Waals surface area contributed by atoms with Crippen molar-refractivity contribution < 1.29 is 4.74 Å². The lowest BCUT2D eigenvalue weighted by atomic mass is 10.1. The van der Waals surface area contributed by atoms with Crippen LogP contribution in [0.1, 0.15) is 18.9 Å². The Labute approximate surface area is 108 Å². The van der Waals surface area contributed by atoms with Gasteiger partial charge >= 0.3 is 0 Å². The van der Waals surface area contributed by atoms with E-state index in [0.717, 1.165) is 35.0 Å². The second-order valence-electron chi connectivity index (χ2n) is 4.19. The Balaban J connectivity index is 2.79. The van der Waals surface area contributed by atoms with Crippen molar-refractivity contribution in [1.82, 2.24) is 0 Å². The molecule has 1 aromatic carbocycles. The van der Waals surface area contributed by atoms with Crippen molar-refractivity contribution in [2.24, 2.45) is 11.7 Å². The molecule has 1 atom stereocenters. The Morgan fingerprint density at radius 1 is 1.47 bits per heavy atom. The first-order valence-electron chi connectivity index (χ1n) is 5.90. The number of nitrogens with one attached hydrogen (secondary N) is 1. The summed E-state index contributed by atoms with van der Waals surface area (Å²) in [5, 5.41) is 4.09. The minimum atomic E-state index is 0.472. The lowest BCUT2D eigenvalue weighted by Gasteiger charge is -2.17. The predicted octanol–water partition coefficient (Wildman–Crippen LogP) is 3.05. The van der Waals surface area contributed by atoms with Crippen LogP contribution in [0.15, 0.2) is 12.1 Å². The number of hydrogen-bond donors (Lipinski definition) is 2. The number of rotatable bonds is 6. The quantitative estimate of drug-likeness (QED) is 0.822. The van der Waals surface area contributed by atoms with Crippen molar-refractivity contribution >= 4 is 17.3 Å². The highest BCUT2D eigenvalue weighted by Crippen LogP contribution is 2.30. The molecule has 96 valence electrons. The van der Waals surface area contributed by atoms with Gasteiger partial charge in [-0.25, -0.2) is 0 Å². The van der Waals surface area contributed by atoms with E-state index in [4.69, 9.17) is 22.1 Å². The van der Waals surface area contributed by atoms with Crippen LogP contribution in [0.3, 0.4) is 0 Å². The van der Waals surface area contributed by atoms with Crippen molar-refractivity contribution in [1.29, 1.82) is 0 Å². The Hall–Kier alpha value is -0.930. The smallest absolute Gasteiger partial charge is 0.142 e. The molecule has 3 N–H and O–H groups in total. The Kier molecular flexibility index (Phi) is 5.59. The number of ether oxygens (including phenoxy) is 1. The lowest BCUT2D eigenvalue weighted by Crippen LogP contribution is -2.22. The van der Waals surface area contributed by atoms with E-state index in [1.54, 1.807) is 7.11 Å². The van der Waals surface area contributed by atoms with Crippen LogP contribution in [-0.2, 0) is 0 Å². The molecule has 0 radical (unpaired) electrons. The van der Waals surface area contributed by atoms with Gasteiger partial charge in [-0.3, -0.25) is 0 Å². The molecule has 0 bridgehead atoms. The summed E-state index contributed by atoms with van der Waals surface area (Å²) in [6.07, 6.45) is 1.06. The van der Waals surface area contributed by atoms with Gasteiger partial charge in [0, 0.05) is 11.6 Å². The van der Waals surface area contributed by atoms with Gasteiger partial charge in [0.25, 0.3) is 0 Å². The van der Waals surface area contributed by atoms with Crippen molar-refractivity contribution in [3.63, 3.8) is 0 Å². The van der Waals surface area contributed by atoms with E-state index in [2.05, 4.69) is 12.2 Å². The third kappa shape index (κ3) is 3.79. The fourth-order valence-corrected chi connectivity index (χ4v) is 1.77. The van der Waals surface area contributed by atoms with Crippen LogP contribution in [0.2, 0.25) is 5.02 Å². The first-order valence-corrected chi connectivity index (χ1v) is 6.28. The molecule has 4 heteroatoms. The number of halogens is 1. The van der Waals surface area contributed by atoms with Gasteiger partial charge in [-0.05, 0) is 37.1 Å². The highest BCUT2D eigenvalue weighted by atomic mass is 35.5. The number of methoxy groups -OCH3 is 1. The van der Waals surface area contributed by atoms with Gasteiger partial charge in [-0.15, -0.1) is 0 Å². The third-order valence-corrected chi connectivity index (χ3v) is 3.38. The maximum Gasteiger partial charge on any atom is 0.142 e. The van der Waals surface area contributed by atoms with Crippen molar-refractivity contribution in [3.8, 4) is 5.75 Å². The zero-order valence-corrected chi connectivity index (χ0v) is 11.5. The van der Waals surface area contributed by atoms with Crippen LogP contribution in [0.5, 0.6) is 5.75 Å². The van der Waals surface area contributed by atoms with E-state index in [0.29, 0.717) is 12.5 Å². The highest BCUT2D eigenvalue weighted by molar-refractivity contribution is 6.31. The number of benzene rings is 1. The standard InChI is InChI=1S/C13H21ClN2O/c1-4-10(7-15)8-16-12-6-11(14)9(2)5-13(12)17-3/h5-6,10,16H,4,7-8,15H2,1-3H3. The second-order valence-corrected chi connectivity index (χ2v) is 4.60. The van der Waals surface area contributed by atoms with Gasteiger partial charge in [0.15, 0.2) is 0 Å². The number of hydrogen-bond acceptors (Lipinski definition) is 3. The van der Waals surface area contributed by atoms with Crippen LogP contribution in [0.25, 0.3) is 0 Å². The average molecular weight is 257 g/mol. The summed E-state index contributed by atoms with van der Waals surface area (Å²) in [6, 6.07) is 3.84. The fraction of sp³-hybridized carbons (Fsp3) is 0.538. The SMILES string of the molecule is CCC(CN)CNc1cc(Cl)c(C)cc1OC. The largest absolute Gasteiger partial charge is 0.495 e. The zero-order chi connectivity index (χ0) is 12.8. The van der Waals surface area contributed by atoms with Crippen LogP contribution in [-0.4, -0.2) is 20.2 Å². The summed E-state index contributed by atoms with van der Waals surface area (Å²) in [7, 11) is 1.66. The maximum absolute atomic E-state index is 6.11. The number of aryl methyl sites for hydroxylation is 1. The molecule has 0 saturated carbocycles. The molecule has 1 aromatic rings. The predicted molar refractivity (Wildman–Crippen MR) is 74.1 cm³/mol. The minimum absolute atomic E-state index is 0.472. The van der Waals surface area contributed by atoms with Crippen LogP contribution >= 0.6 is 11.6 Å². The Morgan fingerprint density at radius 2 is 2.18 bits per heavy atom. The van der Waals surface area contributed by atoms with Crippen LogP contribution < -0.4 is 15.8 Å². The molecule has 0 aliphatic carbocycles. The van der Waals surface area contributed by atoms with Crippen molar-refractivity contribution in [2.75, 3.05) is 25.5 Å². The van der Waals surface area contributed by atoms with E-state index in [1.807, 2.05) is 19.1 Å². The third-order valence-electron chi connectivity index (χ3n) is 2.97. The molecule has 0 aliphatic rings. The van der Waals surface area contributed by atoms with E-state index in [9.17, 15) is 0 Å². The molecular formula is C13H21ClN2O. The number of anilines is 1. The number of nitrogens with two attached hydrogens (primary N) is 1. The van der Waals surface area contributed by atoms with Gasteiger partial charge in [-0.1, -0.05) is 24.9 Å². The zero-order valence-electron chi connectivity index (χ0n) is 10.7. The minimum Gasteiger partial charge on any atom is -0.495 e. The first kappa shape index (κ1) is 14.1. The molecule has 0 spiro atoms. The van der Waals surface area contributed by atoms with Gasteiger partial charge < -0.3 is 15.8 Å².